The molecule has 1 atom stereocenters. The molecular formula is C34H62O9. The highest BCUT2D eigenvalue weighted by Crippen LogP contribution is 2.10. The van der Waals surface area contributed by atoms with Crippen molar-refractivity contribution in [2.24, 2.45) is 0 Å². The lowest BCUT2D eigenvalue weighted by molar-refractivity contribution is -0.137. The molecule has 1 aliphatic rings. The number of carboxylic acids is 1. The smallest absolute Gasteiger partial charge is 0.303 e. The van der Waals surface area contributed by atoms with Crippen molar-refractivity contribution in [1.82, 2.24) is 0 Å². The average molecular weight is 615 g/mol. The number of aliphatic carboxylic acids is 1. The molecule has 0 saturated heterocycles. The molecule has 0 aromatic heterocycles. The Morgan fingerprint density at radius 1 is 0.651 bits per heavy atom. The van der Waals surface area contributed by atoms with Crippen molar-refractivity contribution >= 4 is 5.97 Å². The maximum absolute atomic E-state index is 10.6. The molecule has 0 aromatic rings. The van der Waals surface area contributed by atoms with Gasteiger partial charge < -0.3 is 38.3 Å². The van der Waals surface area contributed by atoms with Gasteiger partial charge in [0.25, 0.3) is 0 Å². The molecule has 0 fully saturated rings. The van der Waals surface area contributed by atoms with E-state index in [-0.39, 0.29) is 12.5 Å². The van der Waals surface area contributed by atoms with Crippen LogP contribution in [0.1, 0.15) is 96.8 Å². The van der Waals surface area contributed by atoms with Crippen molar-refractivity contribution in [3.8, 4) is 0 Å². The van der Waals surface area contributed by atoms with E-state index < -0.39 is 5.97 Å². The van der Waals surface area contributed by atoms with Crippen molar-refractivity contribution < 1.29 is 43.1 Å². The summed E-state index contributed by atoms with van der Waals surface area (Å²) < 4.78 is 40.1. The molecule has 0 saturated carbocycles. The lowest BCUT2D eigenvalue weighted by Gasteiger charge is -2.18. The second-order valence-electron chi connectivity index (χ2n) is 11.0. The zero-order valence-corrected chi connectivity index (χ0v) is 27.1. The summed E-state index contributed by atoms with van der Waals surface area (Å²) in [6, 6.07) is 0. The van der Waals surface area contributed by atoms with Crippen LogP contribution in [0.4, 0.5) is 0 Å². The van der Waals surface area contributed by atoms with Gasteiger partial charge in [-0.05, 0) is 37.7 Å². The molecule has 1 aliphatic carbocycles. The van der Waals surface area contributed by atoms with Gasteiger partial charge in [-0.1, -0.05) is 76.5 Å². The monoisotopic (exact) mass is 614 g/mol. The molecule has 0 heterocycles. The number of unbranched alkanes of at least 4 members (excludes halogenated alkanes) is 9. The molecular weight excluding hydrogens is 552 g/mol. The molecule has 0 radical (unpaired) electrons. The summed E-state index contributed by atoms with van der Waals surface area (Å²) >= 11 is 0. The highest BCUT2D eigenvalue weighted by molar-refractivity contribution is 5.66. The van der Waals surface area contributed by atoms with Crippen LogP contribution in [0.5, 0.6) is 0 Å². The molecule has 0 aliphatic heterocycles. The first-order valence-electron chi connectivity index (χ1n) is 16.9. The Balaban J connectivity index is 1.99. The molecule has 0 spiro atoms. The Morgan fingerprint density at radius 3 is 1.79 bits per heavy atom. The minimum absolute atomic E-state index is 0.0954. The fourth-order valence-electron chi connectivity index (χ4n) is 4.46. The van der Waals surface area contributed by atoms with E-state index in [9.17, 15) is 4.79 Å². The Hall–Kier alpha value is -1.33. The lowest BCUT2D eigenvalue weighted by atomic mass is 10.1. The number of carboxylic acid groups (broad SMARTS) is 1. The van der Waals surface area contributed by atoms with E-state index in [1.807, 2.05) is 0 Å². The van der Waals surface area contributed by atoms with Crippen molar-refractivity contribution in [2.75, 3.05) is 85.9 Å². The first-order valence-corrected chi connectivity index (χ1v) is 16.9. The van der Waals surface area contributed by atoms with Crippen LogP contribution in [0.15, 0.2) is 23.8 Å². The Morgan fingerprint density at radius 2 is 1.19 bits per heavy atom. The van der Waals surface area contributed by atoms with E-state index in [1.165, 1.54) is 37.7 Å². The Kier molecular flexibility index (Phi) is 29.6. The lowest BCUT2D eigenvalue weighted by Crippen LogP contribution is -2.27. The molecule has 1 rings (SSSR count). The molecule has 1 N–H and O–H groups in total. The predicted molar refractivity (Wildman–Crippen MR) is 170 cm³/mol. The summed E-state index contributed by atoms with van der Waals surface area (Å²) in [7, 11) is 0. The van der Waals surface area contributed by atoms with Crippen molar-refractivity contribution in [1.29, 1.82) is 0 Å². The Bertz CT molecular complexity index is 668. The van der Waals surface area contributed by atoms with E-state index in [0.717, 1.165) is 58.0 Å². The van der Waals surface area contributed by atoms with Gasteiger partial charge in [0.05, 0.1) is 72.7 Å². The largest absolute Gasteiger partial charge is 0.481 e. The van der Waals surface area contributed by atoms with Crippen LogP contribution in [-0.4, -0.2) is 103 Å². The van der Waals surface area contributed by atoms with Gasteiger partial charge in [0.1, 0.15) is 6.10 Å². The topological polar surface area (TPSA) is 102 Å². The highest BCUT2D eigenvalue weighted by Gasteiger charge is 2.10. The Labute approximate surface area is 261 Å². The van der Waals surface area contributed by atoms with Crippen LogP contribution < -0.4 is 0 Å². The van der Waals surface area contributed by atoms with Gasteiger partial charge in [0.2, 0.25) is 0 Å². The third-order valence-electron chi connectivity index (χ3n) is 6.97. The van der Waals surface area contributed by atoms with E-state index in [2.05, 4.69) is 25.2 Å². The zero-order valence-electron chi connectivity index (χ0n) is 27.1. The van der Waals surface area contributed by atoms with Gasteiger partial charge >= 0.3 is 5.97 Å². The van der Waals surface area contributed by atoms with E-state index in [0.29, 0.717) is 79.3 Å². The number of carbonyl (C=O) groups is 1. The summed E-state index contributed by atoms with van der Waals surface area (Å²) in [4.78, 5) is 10.6. The molecule has 1 unspecified atom stereocenters. The fourth-order valence-corrected chi connectivity index (χ4v) is 4.46. The summed E-state index contributed by atoms with van der Waals surface area (Å²) in [6.45, 7) is 9.58. The maximum Gasteiger partial charge on any atom is 0.303 e. The second-order valence-corrected chi connectivity index (χ2v) is 11.0. The van der Waals surface area contributed by atoms with Gasteiger partial charge in [0.15, 0.2) is 0 Å². The molecule has 0 amide bonds. The average Bonchev–Trinajstić information content (AvgIpc) is 3.01. The van der Waals surface area contributed by atoms with Crippen molar-refractivity contribution in [3.63, 3.8) is 0 Å². The molecule has 9 nitrogen and oxygen atoms in total. The molecule has 0 bridgehead atoms. The first-order chi connectivity index (χ1) is 21.2. The van der Waals surface area contributed by atoms with Crippen LogP contribution in [0.25, 0.3) is 0 Å². The number of hydrogen-bond acceptors (Lipinski definition) is 8. The summed E-state index contributed by atoms with van der Waals surface area (Å²) in [6.07, 6.45) is 21.1. The van der Waals surface area contributed by atoms with E-state index in [4.69, 9.17) is 38.3 Å². The van der Waals surface area contributed by atoms with Crippen LogP contribution in [-0.2, 0) is 38.0 Å². The molecule has 43 heavy (non-hydrogen) atoms. The minimum atomic E-state index is -0.717. The number of allylic oxidation sites excluding steroid dienone is 2. The molecule has 9 heteroatoms. The third kappa shape index (κ3) is 29.2. The summed E-state index contributed by atoms with van der Waals surface area (Å²) in [5.74, 6) is -0.717. The van der Waals surface area contributed by atoms with Crippen LogP contribution in [0.3, 0.4) is 0 Å². The predicted octanol–water partition coefficient (Wildman–Crippen LogP) is 6.53. The van der Waals surface area contributed by atoms with E-state index in [1.54, 1.807) is 0 Å². The van der Waals surface area contributed by atoms with Crippen molar-refractivity contribution in [3.05, 3.63) is 23.8 Å². The van der Waals surface area contributed by atoms with Crippen LogP contribution in [0, 0.1) is 0 Å². The third-order valence-corrected chi connectivity index (χ3v) is 6.97. The quantitative estimate of drug-likeness (QED) is 0.0810. The SMILES string of the molecule is CCCCCCCCOCC(COCCOCCOCCOCCOCC1=CCCC=C1)OCCCCCCCC(=O)O. The first kappa shape index (κ1) is 39.7. The second kappa shape index (κ2) is 32.1. The number of hydrogen-bond donors (Lipinski definition) is 1. The normalized spacial score (nSPS) is 13.8. The van der Waals surface area contributed by atoms with Gasteiger partial charge in [-0.15, -0.1) is 0 Å². The number of ether oxygens (including phenoxy) is 7. The summed E-state index contributed by atoms with van der Waals surface area (Å²) in [5, 5.41) is 8.73. The molecule has 252 valence electrons. The standard InChI is InChI=1S/C34H62O9/c1-2-3-4-5-8-14-19-40-30-33(43-20-15-9-6-7-13-18-34(35)36)31-42-28-26-39-24-22-37-21-23-38-25-27-41-29-32-16-11-10-12-17-32/h11,16-17,33H,2-10,12-15,18-31H2,1H3,(H,35,36). The van der Waals surface area contributed by atoms with E-state index >= 15 is 0 Å². The van der Waals surface area contributed by atoms with Crippen molar-refractivity contribution in [2.45, 2.75) is 103 Å². The number of rotatable bonds is 34. The van der Waals surface area contributed by atoms with Gasteiger partial charge in [-0.3, -0.25) is 4.79 Å². The van der Waals surface area contributed by atoms with Gasteiger partial charge in [0, 0.05) is 19.6 Å². The highest BCUT2D eigenvalue weighted by atomic mass is 16.6. The van der Waals surface area contributed by atoms with Gasteiger partial charge in [-0.25, -0.2) is 0 Å². The summed E-state index contributed by atoms with van der Waals surface area (Å²) in [5.41, 5.74) is 1.25. The van der Waals surface area contributed by atoms with Gasteiger partial charge in [-0.2, -0.15) is 0 Å². The van der Waals surface area contributed by atoms with Crippen LogP contribution >= 0.6 is 0 Å². The van der Waals surface area contributed by atoms with Crippen LogP contribution in [0.2, 0.25) is 0 Å². The zero-order chi connectivity index (χ0) is 30.9. The maximum atomic E-state index is 10.6. The minimum Gasteiger partial charge on any atom is -0.481 e. The molecule has 0 aromatic carbocycles. The fraction of sp³-hybridized carbons (Fsp3) is 0.853.